The van der Waals surface area contributed by atoms with Crippen LogP contribution in [-0.2, 0) is 23.9 Å². The molecule has 6 amide bonds. The predicted octanol–water partition coefficient (Wildman–Crippen LogP) is 0.639. The lowest BCUT2D eigenvalue weighted by atomic mass is 10.0. The average Bonchev–Trinajstić information content (AvgIpc) is 3.69. The Kier molecular flexibility index (Phi) is 7.21. The summed E-state index contributed by atoms with van der Waals surface area (Å²) in [5, 5.41) is 14.3. The van der Waals surface area contributed by atoms with Gasteiger partial charge in [-0.2, -0.15) is 0 Å². The molecule has 14 heteroatoms. The Bertz CT molecular complexity index is 1270. The van der Waals surface area contributed by atoms with Crippen LogP contribution in [0.3, 0.4) is 0 Å². The van der Waals surface area contributed by atoms with E-state index in [1.165, 1.54) is 18.7 Å². The predicted molar refractivity (Wildman–Crippen MR) is 136 cm³/mol. The zero-order chi connectivity index (χ0) is 27.8. The van der Waals surface area contributed by atoms with Gasteiger partial charge in [0.15, 0.2) is 0 Å². The molecule has 3 heterocycles. The van der Waals surface area contributed by atoms with Crippen molar-refractivity contribution in [2.75, 3.05) is 25.4 Å². The lowest BCUT2D eigenvalue weighted by molar-refractivity contribution is -0.151. The Hall–Kier alpha value is -4.07. The highest BCUT2D eigenvalue weighted by atomic mass is 32.2. The van der Waals surface area contributed by atoms with E-state index in [1.807, 2.05) is 0 Å². The molecule has 0 bridgehead atoms. The minimum absolute atomic E-state index is 0.156. The first-order valence-electron chi connectivity index (χ1n) is 12.4. The second-order valence-electron chi connectivity index (χ2n) is 9.59. The molecule has 3 N–H and O–H groups in total. The Morgan fingerprint density at radius 2 is 1.85 bits per heavy atom. The second kappa shape index (κ2) is 10.6. The summed E-state index contributed by atoms with van der Waals surface area (Å²) < 4.78 is 4.93. The number of rotatable bonds is 8. The molecule has 3 atom stereocenters. The van der Waals surface area contributed by atoms with Gasteiger partial charge in [-0.25, -0.2) is 19.3 Å². The Morgan fingerprint density at radius 3 is 2.49 bits per heavy atom. The summed E-state index contributed by atoms with van der Waals surface area (Å²) in [5.74, 6) is -3.05. The van der Waals surface area contributed by atoms with Crippen LogP contribution in [-0.4, -0.2) is 98.5 Å². The molecule has 1 aliphatic carbocycles. The third-order valence-corrected chi connectivity index (χ3v) is 8.27. The molecule has 1 aromatic rings. The number of benzene rings is 1. The fourth-order valence-electron chi connectivity index (χ4n) is 4.83. The first-order valence-corrected chi connectivity index (χ1v) is 13.5. The smallest absolute Gasteiger partial charge is 0.352 e. The standard InChI is InChI=1S/C25H27N5O8S/c1-13(31)38-11-15-12-39-22-18(21(33)30(22)19(15)23(34)35)26-20(32)17(14-5-3-2-4-6-14)27-24(36)29-10-9-28(25(29)37)16-7-8-16/h2-6,16-18,22H,7-12H2,1H3,(H,26,32)(H,27,36)(H,34,35)/t17?,18?,22-/m0/s1. The van der Waals surface area contributed by atoms with Gasteiger partial charge >= 0.3 is 24.0 Å². The van der Waals surface area contributed by atoms with Crippen LogP contribution in [0.25, 0.3) is 0 Å². The highest BCUT2D eigenvalue weighted by Gasteiger charge is 2.54. The number of urea groups is 2. The van der Waals surface area contributed by atoms with Crippen molar-refractivity contribution in [1.82, 2.24) is 25.3 Å². The summed E-state index contributed by atoms with van der Waals surface area (Å²) in [4.78, 5) is 79.1. The summed E-state index contributed by atoms with van der Waals surface area (Å²) in [6.07, 6.45) is 1.82. The molecule has 39 heavy (non-hydrogen) atoms. The quantitative estimate of drug-likeness (QED) is 0.307. The van der Waals surface area contributed by atoms with E-state index < -0.39 is 53.3 Å². The first kappa shape index (κ1) is 26.5. The molecule has 13 nitrogen and oxygen atoms in total. The van der Waals surface area contributed by atoms with Crippen LogP contribution < -0.4 is 10.6 Å². The molecule has 2 unspecified atom stereocenters. The van der Waals surface area contributed by atoms with Crippen LogP contribution in [0, 0.1) is 0 Å². The van der Waals surface area contributed by atoms with E-state index in [9.17, 15) is 33.9 Å². The molecule has 5 rings (SSSR count). The number of nitrogens with one attached hydrogen (secondary N) is 2. The number of carbonyl (C=O) groups excluding carboxylic acids is 5. The van der Waals surface area contributed by atoms with Crippen LogP contribution in [0.15, 0.2) is 41.6 Å². The van der Waals surface area contributed by atoms with Crippen molar-refractivity contribution in [3.8, 4) is 0 Å². The lowest BCUT2D eigenvalue weighted by Gasteiger charge is -2.49. The van der Waals surface area contributed by atoms with Gasteiger partial charge in [-0.05, 0) is 18.4 Å². The van der Waals surface area contributed by atoms with Crippen molar-refractivity contribution < 1.29 is 38.6 Å². The molecule has 1 aromatic carbocycles. The van der Waals surface area contributed by atoms with Crippen LogP contribution in [0.2, 0.25) is 0 Å². The summed E-state index contributed by atoms with van der Waals surface area (Å²) in [7, 11) is 0. The fourth-order valence-corrected chi connectivity index (χ4v) is 6.16. The number of imide groups is 1. The summed E-state index contributed by atoms with van der Waals surface area (Å²) >= 11 is 1.23. The van der Waals surface area contributed by atoms with Crippen LogP contribution in [0.5, 0.6) is 0 Å². The van der Waals surface area contributed by atoms with Crippen molar-refractivity contribution in [3.63, 3.8) is 0 Å². The Labute approximate surface area is 227 Å². The third-order valence-electron chi connectivity index (χ3n) is 6.93. The number of fused-ring (bicyclic) bond motifs is 1. The minimum atomic E-state index is -1.34. The van der Waals surface area contributed by atoms with Gasteiger partial charge in [0.1, 0.15) is 29.8 Å². The summed E-state index contributed by atoms with van der Waals surface area (Å²) in [5.41, 5.74) is 0.460. The van der Waals surface area contributed by atoms with Crippen LogP contribution in [0.4, 0.5) is 9.59 Å². The molecular formula is C25H27N5O8S. The molecule has 1 saturated carbocycles. The molecule has 2 saturated heterocycles. The number of thioether (sulfide) groups is 1. The fraction of sp³-hybridized carbons (Fsp3) is 0.440. The number of ether oxygens (including phenoxy) is 1. The highest BCUT2D eigenvalue weighted by molar-refractivity contribution is 8.00. The van der Waals surface area contributed by atoms with Gasteiger partial charge in [0, 0.05) is 37.4 Å². The normalized spacial score (nSPS) is 23.2. The SMILES string of the molecule is CC(=O)OCC1=C(C(=O)O)N2C(=O)C(NC(=O)C(NC(=O)N3CCN(C4CC4)C3=O)c3ccccc3)[C@@H]2SC1. The number of nitrogens with zero attached hydrogens (tertiary/aromatic N) is 3. The molecule has 4 aliphatic rings. The molecule has 206 valence electrons. The molecule has 3 fully saturated rings. The Balaban J connectivity index is 1.30. The zero-order valence-electron chi connectivity index (χ0n) is 21.0. The maximum Gasteiger partial charge on any atom is 0.352 e. The largest absolute Gasteiger partial charge is 0.477 e. The van der Waals surface area contributed by atoms with E-state index in [-0.39, 0.29) is 36.2 Å². The number of aliphatic carboxylic acids is 1. The maximum atomic E-state index is 13.4. The minimum Gasteiger partial charge on any atom is -0.477 e. The number of carbonyl (C=O) groups is 6. The van der Waals surface area contributed by atoms with E-state index in [0.29, 0.717) is 12.1 Å². The maximum absolute atomic E-state index is 13.4. The molecule has 0 spiro atoms. The van der Waals surface area contributed by atoms with Gasteiger partial charge in [0.05, 0.1) is 0 Å². The highest BCUT2D eigenvalue weighted by Crippen LogP contribution is 2.40. The van der Waals surface area contributed by atoms with Gasteiger partial charge in [-0.15, -0.1) is 11.8 Å². The van der Waals surface area contributed by atoms with E-state index in [1.54, 1.807) is 35.2 Å². The van der Waals surface area contributed by atoms with Crippen LogP contribution >= 0.6 is 11.8 Å². The van der Waals surface area contributed by atoms with E-state index in [4.69, 9.17) is 4.74 Å². The van der Waals surface area contributed by atoms with Gasteiger partial charge in [0.2, 0.25) is 5.91 Å². The number of β-lactam (4-membered cyclic amide) rings is 1. The van der Waals surface area contributed by atoms with Crippen molar-refractivity contribution >= 4 is 47.6 Å². The number of amides is 6. The van der Waals surface area contributed by atoms with Crippen LogP contribution in [0.1, 0.15) is 31.4 Å². The van der Waals surface area contributed by atoms with Crippen molar-refractivity contribution in [2.45, 2.75) is 43.3 Å². The topological polar surface area (TPSA) is 166 Å². The van der Waals surface area contributed by atoms with Crippen molar-refractivity contribution in [2.24, 2.45) is 0 Å². The van der Waals surface area contributed by atoms with Gasteiger partial charge < -0.3 is 25.4 Å². The molecular weight excluding hydrogens is 530 g/mol. The number of carboxylic acid groups (broad SMARTS) is 1. The number of hydrogen-bond acceptors (Lipinski definition) is 8. The summed E-state index contributed by atoms with van der Waals surface area (Å²) in [6, 6.07) is 5.22. The molecule has 0 aromatic heterocycles. The molecule has 3 aliphatic heterocycles. The van der Waals surface area contributed by atoms with Crippen molar-refractivity contribution in [3.05, 3.63) is 47.2 Å². The second-order valence-corrected chi connectivity index (χ2v) is 10.7. The zero-order valence-corrected chi connectivity index (χ0v) is 21.8. The van der Waals surface area contributed by atoms with Crippen molar-refractivity contribution in [1.29, 1.82) is 0 Å². The number of carboxylic acids is 1. The third kappa shape index (κ3) is 5.15. The number of esters is 1. The van der Waals surface area contributed by atoms with Gasteiger partial charge in [-0.1, -0.05) is 30.3 Å². The van der Waals surface area contributed by atoms with E-state index in [2.05, 4.69) is 10.6 Å². The van der Waals surface area contributed by atoms with Gasteiger partial charge in [0.25, 0.3) is 5.91 Å². The first-order chi connectivity index (χ1) is 18.7. The monoisotopic (exact) mass is 557 g/mol. The van der Waals surface area contributed by atoms with E-state index >= 15 is 0 Å². The molecule has 0 radical (unpaired) electrons. The Morgan fingerprint density at radius 1 is 1.13 bits per heavy atom. The average molecular weight is 558 g/mol. The van der Waals surface area contributed by atoms with Gasteiger partial charge in [-0.3, -0.25) is 19.3 Å². The number of hydrogen-bond donors (Lipinski definition) is 3. The van der Waals surface area contributed by atoms with E-state index in [0.717, 1.165) is 22.6 Å². The lowest BCUT2D eigenvalue weighted by Crippen LogP contribution is -2.71. The summed E-state index contributed by atoms with van der Waals surface area (Å²) in [6.45, 7) is 1.58.